The second-order valence-corrected chi connectivity index (χ2v) is 7.14. The molecule has 1 aromatic heterocycles. The standard InChI is InChI=1S/C21H25N3O/c1-15-6-8-16(9-7-15)20(25)14-24-12-10-17(11-13-24)21-22-18-4-2-3-5-19(18)23-21/h2-9,17,20,25H,10-14H2,1H3,(H,22,23). The number of benzene rings is 2. The minimum absolute atomic E-state index is 0.414. The second-order valence-electron chi connectivity index (χ2n) is 7.14. The first-order valence-corrected chi connectivity index (χ1v) is 9.10. The van der Waals surface area contributed by atoms with E-state index in [1.165, 1.54) is 5.56 Å². The fourth-order valence-corrected chi connectivity index (χ4v) is 3.69. The zero-order chi connectivity index (χ0) is 17.2. The summed E-state index contributed by atoms with van der Waals surface area (Å²) in [6.45, 7) is 4.78. The molecule has 0 amide bonds. The van der Waals surface area contributed by atoms with Gasteiger partial charge in [0.25, 0.3) is 0 Å². The zero-order valence-corrected chi connectivity index (χ0v) is 14.7. The van der Waals surface area contributed by atoms with E-state index in [1.54, 1.807) is 0 Å². The summed E-state index contributed by atoms with van der Waals surface area (Å²) < 4.78 is 0. The summed E-state index contributed by atoms with van der Waals surface area (Å²) in [7, 11) is 0. The molecule has 1 aliphatic heterocycles. The van der Waals surface area contributed by atoms with Crippen LogP contribution in [-0.4, -0.2) is 39.6 Å². The molecule has 3 aromatic rings. The van der Waals surface area contributed by atoms with Gasteiger partial charge in [-0.25, -0.2) is 4.98 Å². The quantitative estimate of drug-likeness (QED) is 0.763. The molecular weight excluding hydrogens is 310 g/mol. The molecule has 0 saturated carbocycles. The lowest BCUT2D eigenvalue weighted by atomic mass is 9.95. The highest BCUT2D eigenvalue weighted by atomic mass is 16.3. The smallest absolute Gasteiger partial charge is 0.110 e. The van der Waals surface area contributed by atoms with Crippen LogP contribution in [0.5, 0.6) is 0 Å². The van der Waals surface area contributed by atoms with Crippen molar-refractivity contribution in [2.75, 3.05) is 19.6 Å². The molecule has 1 aliphatic rings. The molecule has 130 valence electrons. The van der Waals surface area contributed by atoms with Crippen molar-refractivity contribution in [3.63, 3.8) is 0 Å². The fraction of sp³-hybridized carbons (Fsp3) is 0.381. The molecule has 0 aliphatic carbocycles. The maximum Gasteiger partial charge on any atom is 0.110 e. The van der Waals surface area contributed by atoms with Gasteiger partial charge >= 0.3 is 0 Å². The van der Waals surface area contributed by atoms with Gasteiger partial charge in [-0.2, -0.15) is 0 Å². The Bertz CT molecular complexity index is 799. The van der Waals surface area contributed by atoms with Gasteiger partial charge in [-0.15, -0.1) is 0 Å². The molecule has 0 bridgehead atoms. The van der Waals surface area contributed by atoms with Crippen molar-refractivity contribution in [1.82, 2.24) is 14.9 Å². The molecule has 2 heterocycles. The summed E-state index contributed by atoms with van der Waals surface area (Å²) >= 11 is 0. The Hall–Kier alpha value is -2.17. The average molecular weight is 335 g/mol. The zero-order valence-electron chi connectivity index (χ0n) is 14.7. The summed E-state index contributed by atoms with van der Waals surface area (Å²) in [5.41, 5.74) is 4.40. The molecule has 1 atom stereocenters. The van der Waals surface area contributed by atoms with Gasteiger partial charge in [0.15, 0.2) is 0 Å². The number of aliphatic hydroxyl groups is 1. The topological polar surface area (TPSA) is 52.1 Å². The third-order valence-electron chi connectivity index (χ3n) is 5.28. The lowest BCUT2D eigenvalue weighted by Gasteiger charge is -2.32. The Labute approximate surface area is 148 Å². The molecule has 2 aromatic carbocycles. The number of H-pyrrole nitrogens is 1. The monoisotopic (exact) mass is 335 g/mol. The highest BCUT2D eigenvalue weighted by Gasteiger charge is 2.24. The molecule has 4 rings (SSSR count). The van der Waals surface area contributed by atoms with Gasteiger partial charge in [0.2, 0.25) is 0 Å². The Morgan fingerprint density at radius 3 is 2.56 bits per heavy atom. The lowest BCUT2D eigenvalue weighted by Crippen LogP contribution is -2.36. The number of β-amino-alcohol motifs (C(OH)–C–C–N with tert-alkyl or cyclic N) is 1. The number of nitrogens with one attached hydrogen (secondary N) is 1. The highest BCUT2D eigenvalue weighted by molar-refractivity contribution is 5.74. The van der Waals surface area contributed by atoms with E-state index in [2.05, 4.69) is 41.1 Å². The van der Waals surface area contributed by atoms with Gasteiger partial charge in [-0.05, 0) is 50.6 Å². The van der Waals surface area contributed by atoms with Gasteiger partial charge in [0.05, 0.1) is 17.1 Å². The minimum atomic E-state index is -0.414. The van der Waals surface area contributed by atoms with Crippen LogP contribution in [0.2, 0.25) is 0 Å². The summed E-state index contributed by atoms with van der Waals surface area (Å²) in [4.78, 5) is 10.6. The predicted molar refractivity (Wildman–Crippen MR) is 101 cm³/mol. The number of aryl methyl sites for hydroxylation is 1. The van der Waals surface area contributed by atoms with Crippen LogP contribution in [0.4, 0.5) is 0 Å². The Morgan fingerprint density at radius 2 is 1.84 bits per heavy atom. The first kappa shape index (κ1) is 16.3. The molecule has 1 fully saturated rings. The van der Waals surface area contributed by atoms with Crippen LogP contribution in [0.25, 0.3) is 11.0 Å². The first-order chi connectivity index (χ1) is 12.2. The number of piperidine rings is 1. The van der Waals surface area contributed by atoms with Crippen molar-refractivity contribution in [3.8, 4) is 0 Å². The van der Waals surface area contributed by atoms with E-state index in [-0.39, 0.29) is 0 Å². The largest absolute Gasteiger partial charge is 0.387 e. The molecule has 1 unspecified atom stereocenters. The van der Waals surface area contributed by atoms with Crippen molar-refractivity contribution in [2.45, 2.75) is 31.8 Å². The first-order valence-electron chi connectivity index (χ1n) is 9.10. The number of fused-ring (bicyclic) bond motifs is 1. The number of aliphatic hydroxyl groups excluding tert-OH is 1. The lowest BCUT2D eigenvalue weighted by molar-refractivity contribution is 0.0967. The van der Waals surface area contributed by atoms with E-state index in [9.17, 15) is 5.11 Å². The normalized spacial score (nSPS) is 17.8. The number of hydrogen-bond donors (Lipinski definition) is 2. The van der Waals surface area contributed by atoms with Gasteiger partial charge in [0, 0.05) is 12.5 Å². The maximum absolute atomic E-state index is 10.5. The number of rotatable bonds is 4. The molecule has 25 heavy (non-hydrogen) atoms. The van der Waals surface area contributed by atoms with Crippen LogP contribution in [-0.2, 0) is 0 Å². The summed E-state index contributed by atoms with van der Waals surface area (Å²) in [5.74, 6) is 1.60. The van der Waals surface area contributed by atoms with Gasteiger partial charge in [-0.1, -0.05) is 42.0 Å². The summed E-state index contributed by atoms with van der Waals surface area (Å²) in [6.07, 6.45) is 1.75. The number of nitrogens with zero attached hydrogens (tertiary/aromatic N) is 2. The molecular formula is C21H25N3O. The van der Waals surface area contributed by atoms with E-state index in [0.717, 1.165) is 48.4 Å². The molecule has 4 heteroatoms. The number of likely N-dealkylation sites (tertiary alicyclic amines) is 1. The number of imidazole rings is 1. The molecule has 0 radical (unpaired) electrons. The Kier molecular flexibility index (Phi) is 4.55. The van der Waals surface area contributed by atoms with Crippen LogP contribution in [0.15, 0.2) is 48.5 Å². The predicted octanol–water partition coefficient (Wildman–Crippen LogP) is 3.78. The van der Waals surface area contributed by atoms with E-state index in [1.807, 2.05) is 24.3 Å². The summed E-state index contributed by atoms with van der Waals surface area (Å²) in [5, 5.41) is 10.5. The van der Waals surface area contributed by atoms with E-state index in [4.69, 9.17) is 4.98 Å². The van der Waals surface area contributed by atoms with Crippen LogP contribution >= 0.6 is 0 Å². The minimum Gasteiger partial charge on any atom is -0.387 e. The van der Waals surface area contributed by atoms with E-state index in [0.29, 0.717) is 12.5 Å². The Morgan fingerprint density at radius 1 is 1.12 bits per heavy atom. The van der Waals surface area contributed by atoms with Gasteiger partial charge in [-0.3, -0.25) is 0 Å². The third kappa shape index (κ3) is 3.60. The van der Waals surface area contributed by atoms with E-state index < -0.39 is 6.10 Å². The van der Waals surface area contributed by atoms with Crippen LogP contribution in [0, 0.1) is 6.92 Å². The van der Waals surface area contributed by atoms with Crippen molar-refractivity contribution in [2.24, 2.45) is 0 Å². The van der Waals surface area contributed by atoms with E-state index >= 15 is 0 Å². The SMILES string of the molecule is Cc1ccc(C(O)CN2CCC(c3nc4ccccc4[nH]3)CC2)cc1. The number of aromatic amines is 1. The van der Waals surface area contributed by atoms with Gasteiger partial charge < -0.3 is 15.0 Å². The second kappa shape index (κ2) is 6.98. The molecule has 4 nitrogen and oxygen atoms in total. The number of aromatic nitrogens is 2. The summed E-state index contributed by atoms with van der Waals surface area (Å²) in [6, 6.07) is 16.4. The molecule has 1 saturated heterocycles. The average Bonchev–Trinajstić information content (AvgIpc) is 3.07. The van der Waals surface area contributed by atoms with Crippen molar-refractivity contribution in [3.05, 3.63) is 65.5 Å². The van der Waals surface area contributed by atoms with Crippen molar-refractivity contribution >= 4 is 11.0 Å². The number of hydrogen-bond acceptors (Lipinski definition) is 3. The van der Waals surface area contributed by atoms with Crippen LogP contribution < -0.4 is 0 Å². The fourth-order valence-electron chi connectivity index (χ4n) is 3.69. The van der Waals surface area contributed by atoms with Crippen LogP contribution in [0.1, 0.15) is 41.8 Å². The van der Waals surface area contributed by atoms with Crippen LogP contribution in [0.3, 0.4) is 0 Å². The van der Waals surface area contributed by atoms with Crippen molar-refractivity contribution < 1.29 is 5.11 Å². The maximum atomic E-state index is 10.5. The van der Waals surface area contributed by atoms with Gasteiger partial charge in [0.1, 0.15) is 5.82 Å². The Balaban J connectivity index is 1.35. The third-order valence-corrected chi connectivity index (χ3v) is 5.28. The van der Waals surface area contributed by atoms with Crippen molar-refractivity contribution in [1.29, 1.82) is 0 Å². The molecule has 0 spiro atoms. The highest BCUT2D eigenvalue weighted by Crippen LogP contribution is 2.28. The molecule has 2 N–H and O–H groups in total. The number of para-hydroxylation sites is 2.